The monoisotopic (exact) mass is 249 g/mol. The zero-order valence-electron chi connectivity index (χ0n) is 11.5. The van der Waals surface area contributed by atoms with Crippen molar-refractivity contribution in [1.29, 1.82) is 0 Å². The number of ether oxygens (including phenoxy) is 1. The molecule has 0 aliphatic carbocycles. The number of hydrogen-bond acceptors (Lipinski definition) is 4. The van der Waals surface area contributed by atoms with Crippen LogP contribution in [0.15, 0.2) is 18.2 Å². The largest absolute Gasteiger partial charge is 0.495 e. The smallest absolute Gasteiger partial charge is 0.143 e. The molecular weight excluding hydrogens is 226 g/mol. The lowest BCUT2D eigenvalue weighted by molar-refractivity contribution is 0.253. The third kappa shape index (κ3) is 2.70. The van der Waals surface area contributed by atoms with Crippen LogP contribution in [-0.4, -0.2) is 45.2 Å². The van der Waals surface area contributed by atoms with Crippen molar-refractivity contribution >= 4 is 11.4 Å². The average molecular weight is 249 g/mol. The summed E-state index contributed by atoms with van der Waals surface area (Å²) >= 11 is 0. The van der Waals surface area contributed by atoms with Gasteiger partial charge in [0.2, 0.25) is 0 Å². The van der Waals surface area contributed by atoms with Gasteiger partial charge < -0.3 is 20.3 Å². The summed E-state index contributed by atoms with van der Waals surface area (Å²) < 4.78 is 5.28. The lowest BCUT2D eigenvalue weighted by Gasteiger charge is -2.36. The van der Waals surface area contributed by atoms with Crippen LogP contribution in [0.3, 0.4) is 0 Å². The SMILES string of the molecule is COc1cc(N(C)C2CCN(C)CC2)ccc1N. The van der Waals surface area contributed by atoms with E-state index in [1.807, 2.05) is 12.1 Å². The van der Waals surface area contributed by atoms with Crippen LogP contribution >= 0.6 is 0 Å². The fourth-order valence-electron chi connectivity index (χ4n) is 2.51. The molecule has 2 N–H and O–H groups in total. The molecule has 1 aromatic carbocycles. The Morgan fingerprint density at radius 1 is 1.33 bits per heavy atom. The van der Waals surface area contributed by atoms with Crippen molar-refractivity contribution < 1.29 is 4.74 Å². The Hall–Kier alpha value is -1.42. The summed E-state index contributed by atoms with van der Waals surface area (Å²) in [5.74, 6) is 0.757. The van der Waals surface area contributed by atoms with E-state index in [9.17, 15) is 0 Å². The standard InChI is InChI=1S/C14H23N3O/c1-16-8-6-11(7-9-16)17(2)12-4-5-13(15)14(10-12)18-3/h4-5,10-11H,6-9,15H2,1-3H3. The summed E-state index contributed by atoms with van der Waals surface area (Å²) in [4.78, 5) is 4.73. The zero-order chi connectivity index (χ0) is 13.1. The van der Waals surface area contributed by atoms with Gasteiger partial charge in [0.1, 0.15) is 5.75 Å². The van der Waals surface area contributed by atoms with E-state index in [1.54, 1.807) is 7.11 Å². The molecule has 100 valence electrons. The molecule has 0 aromatic heterocycles. The Kier molecular flexibility index (Phi) is 3.97. The molecule has 4 heteroatoms. The summed E-state index contributed by atoms with van der Waals surface area (Å²) in [6.45, 7) is 2.34. The van der Waals surface area contributed by atoms with Gasteiger partial charge in [-0.05, 0) is 45.1 Å². The lowest BCUT2D eigenvalue weighted by atomic mass is 10.0. The van der Waals surface area contributed by atoms with Gasteiger partial charge in [0.25, 0.3) is 0 Å². The van der Waals surface area contributed by atoms with Gasteiger partial charge in [0.15, 0.2) is 0 Å². The Morgan fingerprint density at radius 2 is 2.00 bits per heavy atom. The van der Waals surface area contributed by atoms with Crippen LogP contribution < -0.4 is 15.4 Å². The quantitative estimate of drug-likeness (QED) is 0.830. The topological polar surface area (TPSA) is 41.7 Å². The molecule has 1 heterocycles. The van der Waals surface area contributed by atoms with Crippen molar-refractivity contribution in [3.05, 3.63) is 18.2 Å². The van der Waals surface area contributed by atoms with Crippen LogP contribution in [0.2, 0.25) is 0 Å². The molecule has 0 radical (unpaired) electrons. The highest BCUT2D eigenvalue weighted by Gasteiger charge is 2.21. The molecule has 2 rings (SSSR count). The molecule has 0 bridgehead atoms. The van der Waals surface area contributed by atoms with Crippen molar-refractivity contribution in [2.45, 2.75) is 18.9 Å². The summed E-state index contributed by atoms with van der Waals surface area (Å²) in [6, 6.07) is 6.61. The second kappa shape index (κ2) is 5.48. The number of rotatable bonds is 3. The molecule has 0 atom stereocenters. The maximum absolute atomic E-state index is 5.85. The van der Waals surface area contributed by atoms with Gasteiger partial charge >= 0.3 is 0 Å². The number of methoxy groups -OCH3 is 1. The molecule has 1 aliphatic heterocycles. The Morgan fingerprint density at radius 3 is 2.61 bits per heavy atom. The number of likely N-dealkylation sites (tertiary alicyclic amines) is 1. The third-order valence-corrected chi connectivity index (χ3v) is 3.86. The van der Waals surface area contributed by atoms with Crippen LogP contribution in [0.25, 0.3) is 0 Å². The maximum Gasteiger partial charge on any atom is 0.143 e. The minimum absolute atomic E-state index is 0.606. The molecule has 18 heavy (non-hydrogen) atoms. The third-order valence-electron chi connectivity index (χ3n) is 3.86. The van der Waals surface area contributed by atoms with Crippen molar-refractivity contribution in [2.24, 2.45) is 0 Å². The van der Waals surface area contributed by atoms with Crippen LogP contribution in [0.1, 0.15) is 12.8 Å². The van der Waals surface area contributed by atoms with Gasteiger partial charge in [-0.2, -0.15) is 0 Å². The molecule has 0 spiro atoms. The van der Waals surface area contributed by atoms with Crippen molar-refractivity contribution in [1.82, 2.24) is 4.90 Å². The molecule has 1 aliphatic rings. The second-order valence-corrected chi connectivity index (χ2v) is 5.07. The van der Waals surface area contributed by atoms with Gasteiger partial charge in [-0.15, -0.1) is 0 Å². The van der Waals surface area contributed by atoms with Crippen LogP contribution in [-0.2, 0) is 0 Å². The zero-order valence-corrected chi connectivity index (χ0v) is 11.5. The van der Waals surface area contributed by atoms with Crippen molar-refractivity contribution in [3.63, 3.8) is 0 Å². The van der Waals surface area contributed by atoms with Crippen LogP contribution in [0, 0.1) is 0 Å². The predicted molar refractivity (Wildman–Crippen MR) is 76.3 cm³/mol. The highest BCUT2D eigenvalue weighted by molar-refractivity contribution is 5.62. The van der Waals surface area contributed by atoms with Gasteiger partial charge in [-0.3, -0.25) is 0 Å². The first-order chi connectivity index (χ1) is 8.61. The van der Waals surface area contributed by atoms with E-state index < -0.39 is 0 Å². The molecule has 1 aromatic rings. The Bertz CT molecular complexity index is 400. The Balaban J connectivity index is 2.10. The summed E-state index contributed by atoms with van der Waals surface area (Å²) in [7, 11) is 5.99. The molecule has 0 amide bonds. The van der Waals surface area contributed by atoms with Crippen molar-refractivity contribution in [3.8, 4) is 5.75 Å². The maximum atomic E-state index is 5.85. The fourth-order valence-corrected chi connectivity index (χ4v) is 2.51. The van der Waals surface area contributed by atoms with E-state index in [2.05, 4.69) is 30.0 Å². The molecular formula is C14H23N3O. The average Bonchev–Trinajstić information content (AvgIpc) is 2.39. The van der Waals surface area contributed by atoms with E-state index in [4.69, 9.17) is 10.5 Å². The first-order valence-electron chi connectivity index (χ1n) is 6.46. The lowest BCUT2D eigenvalue weighted by Crippen LogP contribution is -2.41. The number of hydrogen-bond donors (Lipinski definition) is 1. The summed E-state index contributed by atoms with van der Waals surface area (Å²) in [6.07, 6.45) is 2.42. The minimum Gasteiger partial charge on any atom is -0.495 e. The minimum atomic E-state index is 0.606. The van der Waals surface area contributed by atoms with Gasteiger partial charge in [-0.1, -0.05) is 0 Å². The number of benzene rings is 1. The van der Waals surface area contributed by atoms with E-state index in [0.29, 0.717) is 11.7 Å². The normalized spacial score (nSPS) is 17.7. The highest BCUT2D eigenvalue weighted by atomic mass is 16.5. The summed E-state index contributed by atoms with van der Waals surface area (Å²) in [5.41, 5.74) is 7.72. The molecule has 0 saturated carbocycles. The molecule has 0 unspecified atom stereocenters. The van der Waals surface area contributed by atoms with E-state index in [1.165, 1.54) is 31.6 Å². The number of nitrogen functional groups attached to an aromatic ring is 1. The van der Waals surface area contributed by atoms with Crippen molar-refractivity contribution in [2.75, 3.05) is 44.9 Å². The van der Waals surface area contributed by atoms with Crippen LogP contribution in [0.5, 0.6) is 5.75 Å². The number of nitrogens with two attached hydrogens (primary N) is 1. The number of anilines is 2. The molecule has 1 fully saturated rings. The predicted octanol–water partition coefficient (Wildman–Crippen LogP) is 1.81. The van der Waals surface area contributed by atoms with E-state index in [-0.39, 0.29) is 0 Å². The van der Waals surface area contributed by atoms with E-state index >= 15 is 0 Å². The molecule has 1 saturated heterocycles. The van der Waals surface area contributed by atoms with Gasteiger partial charge in [0.05, 0.1) is 12.8 Å². The summed E-state index contributed by atoms with van der Waals surface area (Å²) in [5, 5.41) is 0. The highest BCUT2D eigenvalue weighted by Crippen LogP contribution is 2.29. The van der Waals surface area contributed by atoms with E-state index in [0.717, 1.165) is 5.75 Å². The second-order valence-electron chi connectivity index (χ2n) is 5.07. The number of nitrogens with zero attached hydrogens (tertiary/aromatic N) is 2. The first-order valence-corrected chi connectivity index (χ1v) is 6.46. The number of piperidine rings is 1. The first kappa shape index (κ1) is 13.0. The van der Waals surface area contributed by atoms with Crippen LogP contribution in [0.4, 0.5) is 11.4 Å². The molecule has 4 nitrogen and oxygen atoms in total. The Labute approximate surface area is 109 Å². The fraction of sp³-hybridized carbons (Fsp3) is 0.571. The van der Waals surface area contributed by atoms with Gasteiger partial charge in [0, 0.05) is 24.8 Å². The van der Waals surface area contributed by atoms with Gasteiger partial charge in [-0.25, -0.2) is 0 Å².